The average Bonchev–Trinajstić information content (AvgIpc) is 2.67. The van der Waals surface area contributed by atoms with E-state index in [0.29, 0.717) is 52.5 Å². The molecule has 0 radical (unpaired) electrons. The highest BCUT2D eigenvalue weighted by Crippen LogP contribution is 2.30. The van der Waals surface area contributed by atoms with Crippen molar-refractivity contribution in [1.82, 2.24) is 14.7 Å². The molecule has 0 N–H and O–H groups in total. The fraction of sp³-hybridized carbons (Fsp3) is 1.00. The second-order valence-corrected chi connectivity index (χ2v) is 11.7. The molecule has 9 heteroatoms. The molecule has 0 amide bonds. The molecular weight excluding hydrogens is 435 g/mol. The Morgan fingerprint density at radius 1 is 0.848 bits per heavy atom. The van der Waals surface area contributed by atoms with Crippen molar-refractivity contribution in [2.45, 2.75) is 83.8 Å². The first-order valence-corrected chi connectivity index (χ1v) is 12.2. The van der Waals surface area contributed by atoms with Gasteiger partial charge in [-0.3, -0.25) is 14.7 Å². The third-order valence-corrected chi connectivity index (χ3v) is 6.28. The van der Waals surface area contributed by atoms with Crippen molar-refractivity contribution >= 4 is 0 Å². The SMILES string of the molecule is CC(C)(C)OCCN1CCN(CC(F)(F)F)C(CC(C)(COC(C)(C)C)N2CCOCC2)C1. The first-order chi connectivity index (χ1) is 15.1. The number of morpholine rings is 1. The maximum Gasteiger partial charge on any atom is 0.401 e. The number of hydrogen-bond donors (Lipinski definition) is 0. The van der Waals surface area contributed by atoms with E-state index >= 15 is 0 Å². The molecule has 0 aromatic heterocycles. The lowest BCUT2D eigenvalue weighted by Gasteiger charge is -2.49. The molecule has 2 fully saturated rings. The lowest BCUT2D eigenvalue weighted by molar-refractivity contribution is -0.161. The second-order valence-electron chi connectivity index (χ2n) is 11.7. The molecule has 0 aliphatic carbocycles. The Hall–Kier alpha value is -0.450. The lowest BCUT2D eigenvalue weighted by Crippen LogP contribution is -2.62. The molecule has 2 saturated heterocycles. The molecule has 2 aliphatic heterocycles. The average molecular weight is 482 g/mol. The van der Waals surface area contributed by atoms with Gasteiger partial charge in [0, 0.05) is 50.8 Å². The zero-order valence-corrected chi connectivity index (χ0v) is 21.8. The molecule has 2 atom stereocenters. The van der Waals surface area contributed by atoms with Crippen LogP contribution in [0, 0.1) is 0 Å². The zero-order chi connectivity index (χ0) is 24.9. The van der Waals surface area contributed by atoms with Crippen molar-refractivity contribution in [2.24, 2.45) is 0 Å². The number of alkyl halides is 3. The molecule has 0 aromatic rings. The van der Waals surface area contributed by atoms with E-state index in [1.54, 1.807) is 4.90 Å². The van der Waals surface area contributed by atoms with Gasteiger partial charge in [-0.2, -0.15) is 13.2 Å². The summed E-state index contributed by atoms with van der Waals surface area (Å²) < 4.78 is 57.8. The van der Waals surface area contributed by atoms with Crippen LogP contribution in [0.4, 0.5) is 13.2 Å². The number of nitrogens with zero attached hydrogens (tertiary/aromatic N) is 3. The quantitative estimate of drug-likeness (QED) is 0.501. The molecule has 196 valence electrons. The van der Waals surface area contributed by atoms with Crippen molar-refractivity contribution < 1.29 is 27.4 Å². The number of halogens is 3. The van der Waals surface area contributed by atoms with Crippen molar-refractivity contribution in [1.29, 1.82) is 0 Å². The van der Waals surface area contributed by atoms with Crippen LogP contribution in [-0.4, -0.2) is 116 Å². The van der Waals surface area contributed by atoms with Crippen molar-refractivity contribution in [2.75, 3.05) is 72.2 Å². The summed E-state index contributed by atoms with van der Waals surface area (Å²) in [4.78, 5) is 6.21. The third-order valence-electron chi connectivity index (χ3n) is 6.28. The topological polar surface area (TPSA) is 37.4 Å². The van der Waals surface area contributed by atoms with Crippen molar-refractivity contribution in [3.8, 4) is 0 Å². The van der Waals surface area contributed by atoms with Crippen LogP contribution in [0.15, 0.2) is 0 Å². The Morgan fingerprint density at radius 3 is 2.00 bits per heavy atom. The zero-order valence-electron chi connectivity index (χ0n) is 21.8. The fourth-order valence-corrected chi connectivity index (χ4v) is 4.54. The number of piperazine rings is 1. The summed E-state index contributed by atoms with van der Waals surface area (Å²) in [6, 6.07) is -0.216. The molecular formula is C24H46F3N3O3. The van der Waals surface area contributed by atoms with Gasteiger partial charge in [0.25, 0.3) is 0 Å². The highest BCUT2D eigenvalue weighted by atomic mass is 19.4. The van der Waals surface area contributed by atoms with Crippen LogP contribution in [-0.2, 0) is 14.2 Å². The molecule has 0 spiro atoms. The second kappa shape index (κ2) is 11.5. The van der Waals surface area contributed by atoms with E-state index in [1.807, 2.05) is 41.5 Å². The van der Waals surface area contributed by atoms with Crippen LogP contribution >= 0.6 is 0 Å². The molecule has 2 heterocycles. The molecule has 6 nitrogen and oxygen atoms in total. The molecule has 33 heavy (non-hydrogen) atoms. The largest absolute Gasteiger partial charge is 0.401 e. The third kappa shape index (κ3) is 10.8. The highest BCUT2D eigenvalue weighted by molar-refractivity contribution is 4.96. The molecule has 2 rings (SSSR count). The fourth-order valence-electron chi connectivity index (χ4n) is 4.54. The summed E-state index contributed by atoms with van der Waals surface area (Å²) in [7, 11) is 0. The van der Waals surface area contributed by atoms with Gasteiger partial charge in [0.2, 0.25) is 0 Å². The predicted molar refractivity (Wildman–Crippen MR) is 125 cm³/mol. The first-order valence-electron chi connectivity index (χ1n) is 12.2. The smallest absolute Gasteiger partial charge is 0.379 e. The molecule has 0 aromatic carbocycles. The summed E-state index contributed by atoms with van der Waals surface area (Å²) in [6.07, 6.45) is -3.61. The van der Waals surface area contributed by atoms with Crippen LogP contribution in [0.2, 0.25) is 0 Å². The number of hydrogen-bond acceptors (Lipinski definition) is 6. The molecule has 0 bridgehead atoms. The van der Waals surface area contributed by atoms with E-state index in [-0.39, 0.29) is 22.8 Å². The van der Waals surface area contributed by atoms with E-state index in [1.165, 1.54) is 0 Å². The molecule has 2 aliphatic rings. The van der Waals surface area contributed by atoms with E-state index < -0.39 is 12.7 Å². The van der Waals surface area contributed by atoms with E-state index in [2.05, 4.69) is 16.7 Å². The van der Waals surface area contributed by atoms with Crippen molar-refractivity contribution in [3.05, 3.63) is 0 Å². The lowest BCUT2D eigenvalue weighted by atomic mass is 9.89. The van der Waals surface area contributed by atoms with Gasteiger partial charge in [-0.1, -0.05) is 0 Å². The molecule has 2 unspecified atom stereocenters. The van der Waals surface area contributed by atoms with Crippen LogP contribution < -0.4 is 0 Å². The van der Waals surface area contributed by atoms with Gasteiger partial charge in [0.05, 0.1) is 44.2 Å². The van der Waals surface area contributed by atoms with Gasteiger partial charge in [0.15, 0.2) is 0 Å². The Bertz CT molecular complexity index is 586. The standard InChI is InChI=1S/C24H46F3N3O3/c1-21(2,3)32-15-10-28-8-9-29(18-24(25,26)27)20(17-28)16-23(7,19-33-22(4,5)6)30-11-13-31-14-12-30/h20H,8-19H2,1-7H3. The van der Waals surface area contributed by atoms with E-state index in [0.717, 1.165) is 19.6 Å². The van der Waals surface area contributed by atoms with Gasteiger partial charge in [0.1, 0.15) is 0 Å². The minimum absolute atomic E-state index is 0.216. The predicted octanol–water partition coefficient (Wildman–Crippen LogP) is 3.65. The number of ether oxygens (including phenoxy) is 3. The maximum atomic E-state index is 13.4. The van der Waals surface area contributed by atoms with Crippen molar-refractivity contribution in [3.63, 3.8) is 0 Å². The van der Waals surface area contributed by atoms with Gasteiger partial charge in [-0.15, -0.1) is 0 Å². The van der Waals surface area contributed by atoms with Crippen LogP contribution in [0.5, 0.6) is 0 Å². The summed E-state index contributed by atoms with van der Waals surface area (Å²) in [5, 5.41) is 0. The van der Waals surface area contributed by atoms with Gasteiger partial charge in [-0.25, -0.2) is 0 Å². The molecule has 0 saturated carbocycles. The summed E-state index contributed by atoms with van der Waals surface area (Å²) >= 11 is 0. The van der Waals surface area contributed by atoms with Crippen LogP contribution in [0.25, 0.3) is 0 Å². The Kier molecular flexibility index (Phi) is 10.1. The number of rotatable bonds is 9. The Morgan fingerprint density at radius 2 is 1.45 bits per heavy atom. The van der Waals surface area contributed by atoms with Gasteiger partial charge < -0.3 is 14.2 Å². The van der Waals surface area contributed by atoms with E-state index in [9.17, 15) is 13.2 Å². The first kappa shape index (κ1) is 28.8. The van der Waals surface area contributed by atoms with Crippen LogP contribution in [0.1, 0.15) is 54.9 Å². The minimum Gasteiger partial charge on any atom is -0.379 e. The van der Waals surface area contributed by atoms with Gasteiger partial charge in [-0.05, 0) is 54.9 Å². The monoisotopic (exact) mass is 481 g/mol. The highest BCUT2D eigenvalue weighted by Gasteiger charge is 2.42. The summed E-state index contributed by atoms with van der Waals surface area (Å²) in [5.41, 5.74) is -0.921. The maximum absolute atomic E-state index is 13.4. The van der Waals surface area contributed by atoms with Crippen LogP contribution in [0.3, 0.4) is 0 Å². The Balaban J connectivity index is 2.16. The summed E-state index contributed by atoms with van der Waals surface area (Å²) in [6.45, 7) is 19.5. The minimum atomic E-state index is -4.22. The van der Waals surface area contributed by atoms with E-state index in [4.69, 9.17) is 14.2 Å². The summed E-state index contributed by atoms with van der Waals surface area (Å²) in [5.74, 6) is 0. The van der Waals surface area contributed by atoms with Gasteiger partial charge >= 0.3 is 6.18 Å². The Labute approximate surface area is 198 Å². The normalized spacial score (nSPS) is 24.7.